The molecule has 1 atom stereocenters. The van der Waals surface area contributed by atoms with Crippen LogP contribution in [-0.4, -0.2) is 47.2 Å². The first-order chi connectivity index (χ1) is 7.47. The highest BCUT2D eigenvalue weighted by Crippen LogP contribution is 1.97. The van der Waals surface area contributed by atoms with Crippen molar-refractivity contribution in [3.63, 3.8) is 0 Å². The van der Waals surface area contributed by atoms with Crippen molar-refractivity contribution in [1.29, 1.82) is 0 Å². The average Bonchev–Trinajstić information content (AvgIpc) is 2.20. The predicted molar refractivity (Wildman–Crippen MR) is 55.0 cm³/mol. The van der Waals surface area contributed by atoms with Gasteiger partial charge in [0.05, 0.1) is 6.54 Å². The lowest BCUT2D eigenvalue weighted by Gasteiger charge is -2.13. The maximum absolute atomic E-state index is 11.2. The molecule has 0 heterocycles. The van der Waals surface area contributed by atoms with Crippen LogP contribution in [0.2, 0.25) is 0 Å². The number of rotatable bonds is 8. The lowest BCUT2D eigenvalue weighted by molar-refractivity contribution is -0.142. The SMILES string of the molecule is CCNCC(=O)N[C@@H](CCC(=O)O)C(=O)O. The Bertz CT molecular complexity index is 267. The molecule has 0 rings (SSSR count). The molecule has 7 heteroatoms. The second-order valence-electron chi connectivity index (χ2n) is 3.17. The second-order valence-corrected chi connectivity index (χ2v) is 3.17. The summed E-state index contributed by atoms with van der Waals surface area (Å²) >= 11 is 0. The van der Waals surface area contributed by atoms with Crippen molar-refractivity contribution in [3.8, 4) is 0 Å². The Kier molecular flexibility index (Phi) is 6.86. The molecule has 92 valence electrons. The molecule has 0 saturated heterocycles. The van der Waals surface area contributed by atoms with E-state index in [0.29, 0.717) is 6.54 Å². The van der Waals surface area contributed by atoms with E-state index in [1.807, 2.05) is 6.92 Å². The third-order valence-corrected chi connectivity index (χ3v) is 1.82. The minimum Gasteiger partial charge on any atom is -0.481 e. The van der Waals surface area contributed by atoms with Crippen LogP contribution in [-0.2, 0) is 14.4 Å². The third-order valence-electron chi connectivity index (χ3n) is 1.82. The molecule has 0 aliphatic heterocycles. The molecule has 0 radical (unpaired) electrons. The molecule has 4 N–H and O–H groups in total. The molecule has 0 aromatic heterocycles. The molecular weight excluding hydrogens is 216 g/mol. The molecule has 0 aliphatic carbocycles. The molecule has 0 saturated carbocycles. The van der Waals surface area contributed by atoms with Crippen molar-refractivity contribution in [2.24, 2.45) is 0 Å². The van der Waals surface area contributed by atoms with E-state index in [4.69, 9.17) is 10.2 Å². The van der Waals surface area contributed by atoms with Gasteiger partial charge in [-0.25, -0.2) is 4.79 Å². The van der Waals surface area contributed by atoms with Gasteiger partial charge in [-0.1, -0.05) is 6.92 Å². The van der Waals surface area contributed by atoms with E-state index in [2.05, 4.69) is 10.6 Å². The summed E-state index contributed by atoms with van der Waals surface area (Å²) in [6.45, 7) is 2.43. The van der Waals surface area contributed by atoms with Crippen LogP contribution in [0.15, 0.2) is 0 Å². The maximum Gasteiger partial charge on any atom is 0.326 e. The normalized spacial score (nSPS) is 11.8. The number of carboxylic acid groups (broad SMARTS) is 2. The lowest BCUT2D eigenvalue weighted by atomic mass is 10.1. The Balaban J connectivity index is 4.07. The Morgan fingerprint density at radius 3 is 2.31 bits per heavy atom. The van der Waals surface area contributed by atoms with E-state index in [1.54, 1.807) is 0 Å². The first-order valence-electron chi connectivity index (χ1n) is 4.92. The lowest BCUT2D eigenvalue weighted by Crippen LogP contribution is -2.44. The van der Waals surface area contributed by atoms with E-state index >= 15 is 0 Å². The third kappa shape index (κ3) is 6.77. The first kappa shape index (κ1) is 14.4. The number of likely N-dealkylation sites (N-methyl/N-ethyl adjacent to an activating group) is 1. The molecular formula is C9H16N2O5. The fraction of sp³-hybridized carbons (Fsp3) is 0.667. The van der Waals surface area contributed by atoms with Crippen molar-refractivity contribution in [2.75, 3.05) is 13.1 Å². The van der Waals surface area contributed by atoms with Crippen LogP contribution in [0.1, 0.15) is 19.8 Å². The summed E-state index contributed by atoms with van der Waals surface area (Å²) in [6.07, 6.45) is -0.416. The summed E-state index contributed by atoms with van der Waals surface area (Å²) < 4.78 is 0. The highest BCUT2D eigenvalue weighted by molar-refractivity contribution is 5.85. The monoisotopic (exact) mass is 232 g/mol. The Labute approximate surface area is 92.8 Å². The summed E-state index contributed by atoms with van der Waals surface area (Å²) in [4.78, 5) is 32.1. The van der Waals surface area contributed by atoms with Crippen LogP contribution in [0.3, 0.4) is 0 Å². The van der Waals surface area contributed by atoms with Gasteiger partial charge in [-0.15, -0.1) is 0 Å². The zero-order valence-corrected chi connectivity index (χ0v) is 9.02. The van der Waals surface area contributed by atoms with Crippen molar-refractivity contribution in [1.82, 2.24) is 10.6 Å². The topological polar surface area (TPSA) is 116 Å². The minimum atomic E-state index is -1.23. The summed E-state index contributed by atoms with van der Waals surface area (Å²) in [5, 5.41) is 22.1. The van der Waals surface area contributed by atoms with Gasteiger partial charge < -0.3 is 20.8 Å². The van der Waals surface area contributed by atoms with Crippen molar-refractivity contribution < 1.29 is 24.6 Å². The van der Waals surface area contributed by atoms with Crippen molar-refractivity contribution in [2.45, 2.75) is 25.8 Å². The molecule has 7 nitrogen and oxygen atoms in total. The zero-order chi connectivity index (χ0) is 12.6. The molecule has 0 bridgehead atoms. The predicted octanol–water partition coefficient (Wildman–Crippen LogP) is -0.970. The molecule has 0 aliphatic rings. The number of hydrogen-bond donors (Lipinski definition) is 4. The van der Waals surface area contributed by atoms with Gasteiger partial charge in [-0.3, -0.25) is 9.59 Å². The van der Waals surface area contributed by atoms with Gasteiger partial charge in [0.15, 0.2) is 0 Å². The zero-order valence-electron chi connectivity index (χ0n) is 9.02. The van der Waals surface area contributed by atoms with Crippen LogP contribution in [0, 0.1) is 0 Å². The van der Waals surface area contributed by atoms with E-state index in [1.165, 1.54) is 0 Å². The van der Waals surface area contributed by atoms with Gasteiger partial charge in [0.1, 0.15) is 6.04 Å². The van der Waals surface area contributed by atoms with E-state index in [-0.39, 0.29) is 19.4 Å². The van der Waals surface area contributed by atoms with Crippen LogP contribution >= 0.6 is 0 Å². The first-order valence-corrected chi connectivity index (χ1v) is 4.92. The number of hydrogen-bond acceptors (Lipinski definition) is 4. The molecule has 0 fully saturated rings. The summed E-state index contributed by atoms with van der Waals surface area (Å²) in [5.74, 6) is -2.78. The van der Waals surface area contributed by atoms with E-state index < -0.39 is 23.9 Å². The van der Waals surface area contributed by atoms with Crippen molar-refractivity contribution in [3.05, 3.63) is 0 Å². The molecule has 0 unspecified atom stereocenters. The number of carboxylic acids is 2. The van der Waals surface area contributed by atoms with Gasteiger partial charge in [0.25, 0.3) is 0 Å². The van der Waals surface area contributed by atoms with Crippen LogP contribution in [0.4, 0.5) is 0 Å². The summed E-state index contributed by atoms with van der Waals surface area (Å²) in [5.41, 5.74) is 0. The second kappa shape index (κ2) is 7.63. The highest BCUT2D eigenvalue weighted by atomic mass is 16.4. The van der Waals surface area contributed by atoms with Crippen LogP contribution in [0.25, 0.3) is 0 Å². The molecule has 16 heavy (non-hydrogen) atoms. The minimum absolute atomic E-state index is 0.0212. The maximum atomic E-state index is 11.2. The average molecular weight is 232 g/mol. The van der Waals surface area contributed by atoms with Crippen LogP contribution in [0.5, 0.6) is 0 Å². The number of aliphatic carboxylic acids is 2. The summed E-state index contributed by atoms with van der Waals surface area (Å²) in [6, 6.07) is -1.15. The molecule has 0 aromatic carbocycles. The van der Waals surface area contributed by atoms with Gasteiger partial charge in [-0.2, -0.15) is 0 Å². The van der Waals surface area contributed by atoms with E-state index in [9.17, 15) is 14.4 Å². The van der Waals surface area contributed by atoms with Crippen molar-refractivity contribution >= 4 is 17.8 Å². The van der Waals surface area contributed by atoms with Gasteiger partial charge >= 0.3 is 11.9 Å². The Morgan fingerprint density at radius 1 is 1.25 bits per heavy atom. The van der Waals surface area contributed by atoms with Crippen LogP contribution < -0.4 is 10.6 Å². The highest BCUT2D eigenvalue weighted by Gasteiger charge is 2.20. The quantitative estimate of drug-likeness (QED) is 0.428. The Hall–Kier alpha value is -1.63. The molecule has 0 spiro atoms. The fourth-order valence-electron chi connectivity index (χ4n) is 1.01. The largest absolute Gasteiger partial charge is 0.481 e. The number of nitrogens with one attached hydrogen (secondary N) is 2. The fourth-order valence-corrected chi connectivity index (χ4v) is 1.01. The standard InChI is InChI=1S/C9H16N2O5/c1-2-10-5-7(12)11-6(9(15)16)3-4-8(13)14/h6,10H,2-5H2,1H3,(H,11,12)(H,13,14)(H,15,16)/t6-/m0/s1. The van der Waals surface area contributed by atoms with Gasteiger partial charge in [-0.05, 0) is 13.0 Å². The van der Waals surface area contributed by atoms with Gasteiger partial charge in [0.2, 0.25) is 5.91 Å². The number of carbonyl (C=O) groups is 3. The number of carbonyl (C=O) groups excluding carboxylic acids is 1. The molecule has 0 aromatic rings. The summed E-state index contributed by atoms with van der Waals surface area (Å²) in [7, 11) is 0. The molecule has 1 amide bonds. The Morgan fingerprint density at radius 2 is 1.88 bits per heavy atom. The van der Waals surface area contributed by atoms with E-state index in [0.717, 1.165) is 0 Å². The number of amides is 1. The van der Waals surface area contributed by atoms with Gasteiger partial charge in [0, 0.05) is 6.42 Å². The smallest absolute Gasteiger partial charge is 0.326 e.